The fraction of sp³-hybridized carbons (Fsp3) is 0.462. The fourth-order valence-electron chi connectivity index (χ4n) is 2.55. The lowest BCUT2D eigenvalue weighted by Gasteiger charge is -2.25. The lowest BCUT2D eigenvalue weighted by molar-refractivity contribution is -0.118. The molecule has 1 unspecified atom stereocenters. The van der Waals surface area contributed by atoms with E-state index in [1.807, 2.05) is 6.07 Å². The summed E-state index contributed by atoms with van der Waals surface area (Å²) in [5, 5.41) is 5.95. The van der Waals surface area contributed by atoms with Crippen molar-refractivity contribution < 1.29 is 17.9 Å². The molecule has 7 heteroatoms. The van der Waals surface area contributed by atoms with E-state index in [0.29, 0.717) is 17.9 Å². The number of nitrogens with one attached hydrogen (secondary N) is 2. The van der Waals surface area contributed by atoms with E-state index >= 15 is 0 Å². The summed E-state index contributed by atoms with van der Waals surface area (Å²) < 4.78 is 28.5. The van der Waals surface area contributed by atoms with Crippen LogP contribution in [-0.2, 0) is 14.6 Å². The predicted molar refractivity (Wildman–Crippen MR) is 75.9 cm³/mol. The number of sulfone groups is 1. The Morgan fingerprint density at radius 3 is 3.00 bits per heavy atom. The van der Waals surface area contributed by atoms with Gasteiger partial charge in [-0.25, -0.2) is 8.42 Å². The van der Waals surface area contributed by atoms with Crippen LogP contribution in [0.25, 0.3) is 0 Å². The molecular weight excluding hydrogens is 280 g/mol. The molecule has 1 aromatic rings. The molecule has 2 heterocycles. The summed E-state index contributed by atoms with van der Waals surface area (Å²) >= 11 is 0. The van der Waals surface area contributed by atoms with Gasteiger partial charge in [-0.1, -0.05) is 0 Å². The summed E-state index contributed by atoms with van der Waals surface area (Å²) in [5.41, 5.74) is 1.40. The standard InChI is InChI=1S/C13H16N2O4S/c16-13-7-19-12-4-3-9(6-11(12)15-13)14-10-2-1-5-20(17,18)8-10/h3-4,6,10,14H,1-2,5,7-8H2,(H,15,16). The maximum atomic E-state index is 11.6. The molecule has 6 nitrogen and oxygen atoms in total. The molecule has 1 saturated heterocycles. The molecule has 1 aromatic carbocycles. The second-order valence-electron chi connectivity index (χ2n) is 5.15. The van der Waals surface area contributed by atoms with Gasteiger partial charge in [-0.15, -0.1) is 0 Å². The first kappa shape index (κ1) is 13.2. The van der Waals surface area contributed by atoms with E-state index in [-0.39, 0.29) is 30.1 Å². The number of hydrogen-bond donors (Lipinski definition) is 2. The zero-order chi connectivity index (χ0) is 14.2. The van der Waals surface area contributed by atoms with Crippen LogP contribution in [0.3, 0.4) is 0 Å². The third-order valence-corrected chi connectivity index (χ3v) is 5.27. The lowest BCUT2D eigenvalue weighted by Crippen LogP contribution is -2.34. The van der Waals surface area contributed by atoms with Gasteiger partial charge in [0.25, 0.3) is 5.91 Å². The van der Waals surface area contributed by atoms with Gasteiger partial charge >= 0.3 is 0 Å². The Morgan fingerprint density at radius 1 is 1.35 bits per heavy atom. The van der Waals surface area contributed by atoms with Crippen LogP contribution in [0.1, 0.15) is 12.8 Å². The molecule has 0 radical (unpaired) electrons. The Labute approximate surface area is 117 Å². The van der Waals surface area contributed by atoms with Gasteiger partial charge in [0, 0.05) is 11.7 Å². The summed E-state index contributed by atoms with van der Waals surface area (Å²) in [6.07, 6.45) is 1.52. The van der Waals surface area contributed by atoms with E-state index in [1.54, 1.807) is 12.1 Å². The Bertz CT molecular complexity index is 642. The van der Waals surface area contributed by atoms with Crippen molar-refractivity contribution in [1.82, 2.24) is 0 Å². The van der Waals surface area contributed by atoms with Gasteiger partial charge in [-0.2, -0.15) is 0 Å². The number of anilines is 2. The maximum Gasteiger partial charge on any atom is 0.262 e. The first-order chi connectivity index (χ1) is 9.52. The van der Waals surface area contributed by atoms with Gasteiger partial charge in [0.2, 0.25) is 0 Å². The van der Waals surface area contributed by atoms with E-state index in [0.717, 1.165) is 12.1 Å². The highest BCUT2D eigenvalue weighted by Crippen LogP contribution is 2.31. The number of hydrogen-bond acceptors (Lipinski definition) is 5. The minimum Gasteiger partial charge on any atom is -0.482 e. The average molecular weight is 296 g/mol. The first-order valence-electron chi connectivity index (χ1n) is 6.55. The minimum absolute atomic E-state index is 0.0284. The monoisotopic (exact) mass is 296 g/mol. The predicted octanol–water partition coefficient (Wildman–Crippen LogP) is 1.01. The van der Waals surface area contributed by atoms with Crippen molar-refractivity contribution in [2.75, 3.05) is 28.7 Å². The third kappa shape index (κ3) is 2.87. The van der Waals surface area contributed by atoms with Crippen LogP contribution < -0.4 is 15.4 Å². The maximum absolute atomic E-state index is 11.6. The number of rotatable bonds is 2. The number of carbonyl (C=O) groups excluding carboxylic acids is 1. The molecule has 3 rings (SSSR count). The van der Waals surface area contributed by atoms with E-state index in [4.69, 9.17) is 4.74 Å². The topological polar surface area (TPSA) is 84.5 Å². The Balaban J connectivity index is 1.75. The second kappa shape index (κ2) is 4.97. The summed E-state index contributed by atoms with van der Waals surface area (Å²) in [4.78, 5) is 11.3. The molecule has 1 amide bonds. The van der Waals surface area contributed by atoms with Crippen molar-refractivity contribution in [3.05, 3.63) is 18.2 Å². The first-order valence-corrected chi connectivity index (χ1v) is 8.38. The molecule has 108 valence electrons. The third-order valence-electron chi connectivity index (χ3n) is 3.45. The molecule has 2 N–H and O–H groups in total. The van der Waals surface area contributed by atoms with Crippen molar-refractivity contribution in [3.63, 3.8) is 0 Å². The van der Waals surface area contributed by atoms with Crippen molar-refractivity contribution in [2.24, 2.45) is 0 Å². The summed E-state index contributed by atoms with van der Waals surface area (Å²) in [6.45, 7) is 0.0284. The molecule has 1 fully saturated rings. The fourth-order valence-corrected chi connectivity index (χ4v) is 4.18. The molecule has 0 spiro atoms. The Morgan fingerprint density at radius 2 is 2.20 bits per heavy atom. The minimum atomic E-state index is -2.94. The highest BCUT2D eigenvalue weighted by molar-refractivity contribution is 7.91. The number of ether oxygens (including phenoxy) is 1. The van der Waals surface area contributed by atoms with Crippen LogP contribution >= 0.6 is 0 Å². The summed E-state index contributed by atoms with van der Waals surface area (Å²) in [5.74, 6) is 0.882. The van der Waals surface area contributed by atoms with Crippen molar-refractivity contribution >= 4 is 27.1 Å². The lowest BCUT2D eigenvalue weighted by atomic mass is 10.1. The smallest absolute Gasteiger partial charge is 0.262 e. The largest absolute Gasteiger partial charge is 0.482 e. The number of fused-ring (bicyclic) bond motifs is 1. The molecule has 2 aliphatic heterocycles. The van der Waals surface area contributed by atoms with Gasteiger partial charge in [-0.05, 0) is 31.0 Å². The van der Waals surface area contributed by atoms with Crippen LogP contribution in [0.4, 0.5) is 11.4 Å². The zero-order valence-electron chi connectivity index (χ0n) is 10.9. The summed E-state index contributed by atoms with van der Waals surface area (Å²) in [7, 11) is -2.94. The Hall–Kier alpha value is -1.76. The van der Waals surface area contributed by atoms with Crippen LogP contribution in [0.2, 0.25) is 0 Å². The van der Waals surface area contributed by atoms with E-state index in [9.17, 15) is 13.2 Å². The molecule has 2 aliphatic rings. The molecule has 0 bridgehead atoms. The molecule has 1 atom stereocenters. The normalized spacial score (nSPS) is 24.2. The molecule has 0 saturated carbocycles. The van der Waals surface area contributed by atoms with E-state index < -0.39 is 9.84 Å². The zero-order valence-corrected chi connectivity index (χ0v) is 11.7. The number of carbonyl (C=O) groups is 1. The van der Waals surface area contributed by atoms with Gasteiger partial charge in [0.1, 0.15) is 5.75 Å². The highest BCUT2D eigenvalue weighted by atomic mass is 32.2. The van der Waals surface area contributed by atoms with E-state index in [2.05, 4.69) is 10.6 Å². The quantitative estimate of drug-likeness (QED) is 0.850. The molecular formula is C13H16N2O4S. The van der Waals surface area contributed by atoms with Crippen molar-refractivity contribution in [3.8, 4) is 5.75 Å². The van der Waals surface area contributed by atoms with Crippen LogP contribution in [0.5, 0.6) is 5.75 Å². The molecule has 0 aromatic heterocycles. The van der Waals surface area contributed by atoms with Gasteiger partial charge in [0.05, 0.1) is 17.2 Å². The van der Waals surface area contributed by atoms with Gasteiger partial charge in [0.15, 0.2) is 16.4 Å². The highest BCUT2D eigenvalue weighted by Gasteiger charge is 2.25. The van der Waals surface area contributed by atoms with E-state index in [1.165, 1.54) is 0 Å². The van der Waals surface area contributed by atoms with Crippen LogP contribution in [0.15, 0.2) is 18.2 Å². The Kier molecular flexibility index (Phi) is 3.29. The average Bonchev–Trinajstić information content (AvgIpc) is 2.37. The van der Waals surface area contributed by atoms with Crippen molar-refractivity contribution in [1.29, 1.82) is 0 Å². The van der Waals surface area contributed by atoms with Crippen LogP contribution in [-0.4, -0.2) is 38.5 Å². The SMILES string of the molecule is O=C1COc2ccc(NC3CCCS(=O)(=O)C3)cc2N1. The molecule has 0 aliphatic carbocycles. The van der Waals surface area contributed by atoms with Crippen LogP contribution in [0, 0.1) is 0 Å². The number of amides is 1. The summed E-state index contributed by atoms with van der Waals surface area (Å²) in [6, 6.07) is 5.30. The number of benzene rings is 1. The van der Waals surface area contributed by atoms with Gasteiger partial charge in [-0.3, -0.25) is 4.79 Å². The second-order valence-corrected chi connectivity index (χ2v) is 7.37. The molecule has 20 heavy (non-hydrogen) atoms. The van der Waals surface area contributed by atoms with Crippen molar-refractivity contribution in [2.45, 2.75) is 18.9 Å². The van der Waals surface area contributed by atoms with Gasteiger partial charge < -0.3 is 15.4 Å².